The maximum atomic E-state index is 10.2. The van der Waals surface area contributed by atoms with Crippen molar-refractivity contribution in [1.29, 1.82) is 0 Å². The molecule has 0 amide bonds. The summed E-state index contributed by atoms with van der Waals surface area (Å²) in [6, 6.07) is 10.6. The summed E-state index contributed by atoms with van der Waals surface area (Å²) in [6.45, 7) is 5.16. The van der Waals surface area contributed by atoms with Crippen LogP contribution in [0.1, 0.15) is 101 Å². The molecule has 27 heavy (non-hydrogen) atoms. The number of nitrogens with one attached hydrogen (secondary N) is 1. The van der Waals surface area contributed by atoms with Gasteiger partial charge in [-0.15, -0.1) is 0 Å². The van der Waals surface area contributed by atoms with Crippen LogP contribution in [0.25, 0.3) is 0 Å². The van der Waals surface area contributed by atoms with Crippen LogP contribution in [0.3, 0.4) is 0 Å². The zero-order valence-corrected chi connectivity index (χ0v) is 17.4. The van der Waals surface area contributed by atoms with E-state index in [1.54, 1.807) is 0 Å². The van der Waals surface area contributed by atoms with Gasteiger partial charge in [-0.3, -0.25) is 0 Å². The first-order chi connectivity index (χ1) is 13.2. The van der Waals surface area contributed by atoms with Crippen molar-refractivity contribution >= 4 is 0 Å². The first-order valence-corrected chi connectivity index (χ1v) is 11.1. The van der Waals surface area contributed by atoms with E-state index in [4.69, 9.17) is 0 Å². The smallest absolute Gasteiger partial charge is 0.254 e. The number of aliphatic hydroxyl groups excluding tert-OH is 1. The third-order valence-electron chi connectivity index (χ3n) is 5.39. The number of H-pyrrole nitrogens is 1. The number of hydrogen-bond donors (Lipinski definition) is 2. The molecule has 1 unspecified atom stereocenters. The molecule has 150 valence electrons. The number of aliphatic hydroxyl groups is 1. The molecule has 0 radical (unpaired) electrons. The number of aryl methyl sites for hydroxylation is 1. The summed E-state index contributed by atoms with van der Waals surface area (Å²) in [7, 11) is 0. The van der Waals surface area contributed by atoms with Gasteiger partial charge in [0.15, 0.2) is 5.69 Å². The minimum absolute atomic E-state index is 0.399. The molecule has 0 fully saturated rings. The highest BCUT2D eigenvalue weighted by Gasteiger charge is 2.20. The van der Waals surface area contributed by atoms with Crippen molar-refractivity contribution in [1.82, 2.24) is 4.98 Å². The number of unbranched alkanes of at least 4 members (excludes halogenated alkanes) is 8. The number of aromatic amines is 1. The van der Waals surface area contributed by atoms with Gasteiger partial charge in [0.1, 0.15) is 18.8 Å². The molecule has 2 N–H and O–H groups in total. The average Bonchev–Trinajstić information content (AvgIpc) is 3.09. The predicted molar refractivity (Wildman–Crippen MR) is 113 cm³/mol. The summed E-state index contributed by atoms with van der Waals surface area (Å²) < 4.78 is 2.29. The van der Waals surface area contributed by atoms with Gasteiger partial charge in [-0.2, -0.15) is 0 Å². The van der Waals surface area contributed by atoms with Crippen LogP contribution in [0.15, 0.2) is 36.5 Å². The molecule has 0 aliphatic rings. The van der Waals surface area contributed by atoms with Crippen LogP contribution in [0, 0.1) is 0 Å². The van der Waals surface area contributed by atoms with Crippen molar-refractivity contribution in [2.45, 2.75) is 97.1 Å². The lowest BCUT2D eigenvalue weighted by molar-refractivity contribution is -0.694. The highest BCUT2D eigenvalue weighted by Crippen LogP contribution is 2.15. The zero-order chi connectivity index (χ0) is 19.3. The average molecular weight is 372 g/mol. The molecule has 1 heterocycles. The molecule has 0 saturated heterocycles. The third-order valence-corrected chi connectivity index (χ3v) is 5.39. The molecular formula is C24H39N2O+. The molecule has 0 spiro atoms. The maximum Gasteiger partial charge on any atom is 0.254 e. The van der Waals surface area contributed by atoms with Crippen LogP contribution in [-0.4, -0.2) is 10.1 Å². The minimum atomic E-state index is -0.399. The molecule has 0 saturated carbocycles. The predicted octanol–water partition coefficient (Wildman–Crippen LogP) is 5.87. The normalized spacial score (nSPS) is 12.4. The zero-order valence-electron chi connectivity index (χ0n) is 17.4. The quantitative estimate of drug-likeness (QED) is 0.316. The fourth-order valence-corrected chi connectivity index (χ4v) is 3.64. The Morgan fingerprint density at radius 2 is 1.52 bits per heavy atom. The Hall–Kier alpha value is -1.61. The van der Waals surface area contributed by atoms with E-state index < -0.39 is 6.10 Å². The number of nitrogens with zero attached hydrogens (tertiary/aromatic N) is 1. The van der Waals surface area contributed by atoms with Gasteiger partial charge in [0, 0.05) is 6.42 Å². The maximum absolute atomic E-state index is 10.2. The standard InChI is InChI=1S/C24H38N2O/c1-3-5-6-7-8-9-10-11-15-18-24-25-22(23(27)4-2)20-26(24)19-21-16-13-12-14-17-21/h12-14,16-17,20,23,27H,3-11,15,18-19H2,1-2H3/p+1. The second-order valence-corrected chi connectivity index (χ2v) is 7.77. The van der Waals surface area contributed by atoms with Crippen molar-refractivity contribution in [2.24, 2.45) is 0 Å². The van der Waals surface area contributed by atoms with Crippen molar-refractivity contribution in [2.75, 3.05) is 0 Å². The minimum Gasteiger partial charge on any atom is -0.384 e. The van der Waals surface area contributed by atoms with E-state index in [0.717, 1.165) is 25.1 Å². The van der Waals surface area contributed by atoms with Crippen molar-refractivity contribution < 1.29 is 9.67 Å². The van der Waals surface area contributed by atoms with Gasteiger partial charge < -0.3 is 5.11 Å². The van der Waals surface area contributed by atoms with Crippen molar-refractivity contribution in [3.8, 4) is 0 Å². The number of imidazole rings is 1. The molecule has 2 rings (SSSR count). The first-order valence-electron chi connectivity index (χ1n) is 11.1. The van der Waals surface area contributed by atoms with Gasteiger partial charge in [-0.1, -0.05) is 95.5 Å². The van der Waals surface area contributed by atoms with Gasteiger partial charge in [-0.05, 0) is 18.4 Å². The van der Waals surface area contributed by atoms with E-state index in [-0.39, 0.29) is 0 Å². The number of aromatic nitrogens is 2. The summed E-state index contributed by atoms with van der Waals surface area (Å²) in [4.78, 5) is 3.49. The number of hydrogen-bond acceptors (Lipinski definition) is 1. The highest BCUT2D eigenvalue weighted by molar-refractivity contribution is 5.13. The van der Waals surface area contributed by atoms with Crippen LogP contribution in [0.4, 0.5) is 0 Å². The summed E-state index contributed by atoms with van der Waals surface area (Å²) >= 11 is 0. The number of rotatable bonds is 14. The van der Waals surface area contributed by atoms with Crippen LogP contribution in [0.2, 0.25) is 0 Å². The lowest BCUT2D eigenvalue weighted by Gasteiger charge is -2.03. The van der Waals surface area contributed by atoms with E-state index in [1.807, 2.05) is 6.92 Å². The molecule has 3 heteroatoms. The lowest BCUT2D eigenvalue weighted by Crippen LogP contribution is -2.36. The summed E-state index contributed by atoms with van der Waals surface area (Å²) in [6.07, 6.45) is 15.6. The fourth-order valence-electron chi connectivity index (χ4n) is 3.64. The number of benzene rings is 1. The molecule has 0 aliphatic heterocycles. The Kier molecular flexibility index (Phi) is 10.2. The van der Waals surface area contributed by atoms with Crippen molar-refractivity contribution in [3.05, 3.63) is 53.6 Å². The Balaban J connectivity index is 1.82. The summed E-state index contributed by atoms with van der Waals surface area (Å²) in [5.74, 6) is 1.24. The van der Waals surface area contributed by atoms with Gasteiger partial charge >= 0.3 is 0 Å². The highest BCUT2D eigenvalue weighted by atomic mass is 16.3. The first kappa shape index (κ1) is 21.7. The van der Waals surface area contributed by atoms with Gasteiger partial charge in [-0.25, -0.2) is 9.55 Å². The molecule has 2 aromatic rings. The monoisotopic (exact) mass is 371 g/mol. The van der Waals surface area contributed by atoms with E-state index >= 15 is 0 Å². The van der Waals surface area contributed by atoms with Gasteiger partial charge in [0.25, 0.3) is 5.82 Å². The van der Waals surface area contributed by atoms with Gasteiger partial charge in [0.2, 0.25) is 0 Å². The van der Waals surface area contributed by atoms with Crippen LogP contribution < -0.4 is 4.57 Å². The van der Waals surface area contributed by atoms with E-state index in [0.29, 0.717) is 0 Å². The summed E-state index contributed by atoms with van der Waals surface area (Å²) in [5, 5.41) is 10.2. The van der Waals surface area contributed by atoms with Crippen LogP contribution >= 0.6 is 0 Å². The SMILES string of the molecule is CCCCCCCCCCCc1[nH]c(C(O)CC)c[n+]1Cc1ccccc1. The van der Waals surface area contributed by atoms with E-state index in [1.165, 1.54) is 69.2 Å². The van der Waals surface area contributed by atoms with E-state index in [2.05, 4.69) is 53.0 Å². The molecule has 0 aliphatic carbocycles. The molecule has 1 atom stereocenters. The largest absolute Gasteiger partial charge is 0.384 e. The Labute approximate surface area is 165 Å². The topological polar surface area (TPSA) is 39.9 Å². The second kappa shape index (κ2) is 12.7. The van der Waals surface area contributed by atoms with Gasteiger partial charge in [0.05, 0.1) is 0 Å². The second-order valence-electron chi connectivity index (χ2n) is 7.77. The van der Waals surface area contributed by atoms with Crippen LogP contribution in [-0.2, 0) is 13.0 Å². The van der Waals surface area contributed by atoms with Crippen LogP contribution in [0.5, 0.6) is 0 Å². The molecule has 1 aromatic heterocycles. The molecular weight excluding hydrogens is 332 g/mol. The Morgan fingerprint density at radius 1 is 0.889 bits per heavy atom. The third kappa shape index (κ3) is 7.88. The molecule has 3 nitrogen and oxygen atoms in total. The summed E-state index contributed by atoms with van der Waals surface area (Å²) in [5.41, 5.74) is 2.24. The molecule has 1 aromatic carbocycles. The van der Waals surface area contributed by atoms with E-state index in [9.17, 15) is 5.11 Å². The molecule has 0 bridgehead atoms. The Morgan fingerprint density at radius 3 is 2.15 bits per heavy atom. The lowest BCUT2D eigenvalue weighted by atomic mass is 10.1. The Bertz CT molecular complexity index is 621. The fraction of sp³-hybridized carbons (Fsp3) is 0.625. The van der Waals surface area contributed by atoms with Crippen molar-refractivity contribution in [3.63, 3.8) is 0 Å².